The van der Waals surface area contributed by atoms with Crippen molar-refractivity contribution in [1.82, 2.24) is 10.2 Å². The van der Waals surface area contributed by atoms with Crippen LogP contribution >= 0.6 is 11.3 Å². The van der Waals surface area contributed by atoms with Crippen molar-refractivity contribution >= 4 is 17.2 Å². The Morgan fingerprint density at radius 1 is 1.23 bits per heavy atom. The molecule has 0 radical (unpaired) electrons. The topological polar surface area (TPSA) is 45.5 Å². The number of carbonyl (C=O) groups is 1. The van der Waals surface area contributed by atoms with E-state index in [1.165, 1.54) is 10.9 Å². The van der Waals surface area contributed by atoms with Gasteiger partial charge in [0, 0.05) is 18.0 Å². The first-order valence-electron chi connectivity index (χ1n) is 8.39. The number of furan rings is 1. The maximum atomic E-state index is 13.6. The van der Waals surface area contributed by atoms with Crippen LogP contribution in [0, 0.1) is 12.7 Å². The highest BCUT2D eigenvalue weighted by atomic mass is 32.1. The molecular formula is C20H21FN2O2S. The summed E-state index contributed by atoms with van der Waals surface area (Å²) in [5, 5.41) is 4.88. The second kappa shape index (κ2) is 8.78. The summed E-state index contributed by atoms with van der Waals surface area (Å²) < 4.78 is 19.0. The van der Waals surface area contributed by atoms with Gasteiger partial charge in [-0.15, -0.1) is 11.3 Å². The van der Waals surface area contributed by atoms with Gasteiger partial charge in [0.2, 0.25) is 5.91 Å². The van der Waals surface area contributed by atoms with E-state index in [4.69, 9.17) is 4.42 Å². The Hall–Kier alpha value is -2.44. The second-order valence-corrected chi connectivity index (χ2v) is 7.20. The molecule has 1 amide bonds. The summed E-state index contributed by atoms with van der Waals surface area (Å²) in [6.07, 6.45) is 1.63. The molecule has 4 nitrogen and oxygen atoms in total. The first kappa shape index (κ1) is 18.4. The lowest BCUT2D eigenvalue weighted by Crippen LogP contribution is -2.36. The van der Waals surface area contributed by atoms with Gasteiger partial charge in [-0.05, 0) is 47.7 Å². The number of amides is 1. The summed E-state index contributed by atoms with van der Waals surface area (Å²) in [6, 6.07) is 12.8. The van der Waals surface area contributed by atoms with Crippen molar-refractivity contribution in [3.05, 3.63) is 81.7 Å². The Labute approximate surface area is 156 Å². The lowest BCUT2D eigenvalue weighted by molar-refractivity contribution is -0.122. The summed E-state index contributed by atoms with van der Waals surface area (Å²) >= 11 is 1.66. The quantitative estimate of drug-likeness (QED) is 0.647. The predicted molar refractivity (Wildman–Crippen MR) is 100 cm³/mol. The molecule has 1 N–H and O–H groups in total. The number of nitrogens with zero attached hydrogens (tertiary/aromatic N) is 1. The van der Waals surface area contributed by atoms with Gasteiger partial charge in [-0.3, -0.25) is 9.69 Å². The predicted octanol–water partition coefficient (Wildman–Crippen LogP) is 4.11. The zero-order chi connectivity index (χ0) is 18.4. The second-order valence-electron chi connectivity index (χ2n) is 6.16. The third-order valence-electron chi connectivity index (χ3n) is 4.01. The lowest BCUT2D eigenvalue weighted by Gasteiger charge is -2.20. The molecule has 0 aliphatic carbocycles. The fourth-order valence-corrected chi connectivity index (χ4v) is 3.37. The first-order chi connectivity index (χ1) is 12.6. The summed E-state index contributed by atoms with van der Waals surface area (Å²) in [4.78, 5) is 15.6. The number of carbonyl (C=O) groups excluding carboxylic acids is 1. The number of benzene rings is 1. The molecule has 136 valence electrons. The van der Waals surface area contributed by atoms with E-state index in [-0.39, 0.29) is 18.3 Å². The molecule has 0 saturated heterocycles. The van der Waals surface area contributed by atoms with Gasteiger partial charge in [-0.1, -0.05) is 18.2 Å². The van der Waals surface area contributed by atoms with Crippen LogP contribution in [0.25, 0.3) is 0 Å². The van der Waals surface area contributed by atoms with Crippen LogP contribution in [0.1, 0.15) is 21.8 Å². The average molecular weight is 372 g/mol. The van der Waals surface area contributed by atoms with Crippen molar-refractivity contribution in [2.24, 2.45) is 0 Å². The van der Waals surface area contributed by atoms with E-state index in [9.17, 15) is 9.18 Å². The minimum Gasteiger partial charge on any atom is -0.468 e. The molecule has 3 rings (SSSR count). The third-order valence-corrected chi connectivity index (χ3v) is 4.87. The molecule has 3 aromatic rings. The Morgan fingerprint density at radius 3 is 2.81 bits per heavy atom. The van der Waals surface area contributed by atoms with Gasteiger partial charge in [0.25, 0.3) is 0 Å². The van der Waals surface area contributed by atoms with Gasteiger partial charge < -0.3 is 9.73 Å². The highest BCUT2D eigenvalue weighted by Gasteiger charge is 2.14. The van der Waals surface area contributed by atoms with E-state index >= 15 is 0 Å². The monoisotopic (exact) mass is 372 g/mol. The van der Waals surface area contributed by atoms with E-state index in [0.29, 0.717) is 25.2 Å². The summed E-state index contributed by atoms with van der Waals surface area (Å²) in [6.45, 7) is 3.49. The SMILES string of the molecule is Cc1ccc(CNC(=O)CN(Cc2ccco2)Cc2cccs2)cc1F. The smallest absolute Gasteiger partial charge is 0.234 e. The number of nitrogens with one attached hydrogen (secondary N) is 1. The molecule has 0 bridgehead atoms. The Morgan fingerprint density at radius 2 is 2.12 bits per heavy atom. The number of halogens is 1. The Bertz CT molecular complexity index is 795. The molecular weight excluding hydrogens is 351 g/mol. The van der Waals surface area contributed by atoms with Crippen molar-refractivity contribution in [3.63, 3.8) is 0 Å². The summed E-state index contributed by atoms with van der Waals surface area (Å²) in [7, 11) is 0. The standard InChI is InChI=1S/C20H21FN2O2S/c1-15-6-7-16(10-19(15)21)11-22-20(24)14-23(12-17-4-2-8-25-17)13-18-5-3-9-26-18/h2-10H,11-14H2,1H3,(H,22,24). The molecule has 26 heavy (non-hydrogen) atoms. The Balaban J connectivity index is 1.57. The Kier molecular flexibility index (Phi) is 6.20. The maximum absolute atomic E-state index is 13.6. The lowest BCUT2D eigenvalue weighted by atomic mass is 10.1. The minimum absolute atomic E-state index is 0.103. The molecule has 0 unspecified atom stereocenters. The number of thiophene rings is 1. The van der Waals surface area contributed by atoms with Crippen LogP contribution in [-0.4, -0.2) is 17.4 Å². The largest absolute Gasteiger partial charge is 0.468 e. The van der Waals surface area contributed by atoms with Gasteiger partial charge in [0.05, 0.1) is 19.4 Å². The third kappa shape index (κ3) is 5.28. The number of rotatable bonds is 8. The van der Waals surface area contributed by atoms with Gasteiger partial charge in [0.15, 0.2) is 0 Å². The molecule has 0 atom stereocenters. The van der Waals surface area contributed by atoms with Crippen LogP contribution in [0.15, 0.2) is 58.5 Å². The van der Waals surface area contributed by atoms with E-state index in [2.05, 4.69) is 5.32 Å². The molecule has 0 spiro atoms. The van der Waals surface area contributed by atoms with Gasteiger partial charge in [-0.2, -0.15) is 0 Å². The van der Waals surface area contributed by atoms with Crippen molar-refractivity contribution in [2.45, 2.75) is 26.6 Å². The molecule has 0 aliphatic rings. The van der Waals surface area contributed by atoms with Crippen LogP contribution in [-0.2, 0) is 24.4 Å². The van der Waals surface area contributed by atoms with Crippen molar-refractivity contribution in [1.29, 1.82) is 0 Å². The fraction of sp³-hybridized carbons (Fsp3) is 0.250. The van der Waals surface area contributed by atoms with Crippen molar-refractivity contribution in [2.75, 3.05) is 6.54 Å². The van der Waals surface area contributed by atoms with E-state index in [1.807, 2.05) is 40.6 Å². The highest BCUT2D eigenvalue weighted by molar-refractivity contribution is 7.09. The van der Waals surface area contributed by atoms with E-state index < -0.39 is 0 Å². The summed E-state index contributed by atoms with van der Waals surface area (Å²) in [5.74, 6) is 0.456. The van der Waals surface area contributed by atoms with Gasteiger partial charge in [0.1, 0.15) is 11.6 Å². The van der Waals surface area contributed by atoms with Gasteiger partial charge >= 0.3 is 0 Å². The fourth-order valence-electron chi connectivity index (χ4n) is 2.62. The van der Waals surface area contributed by atoms with Crippen LogP contribution in [0.3, 0.4) is 0 Å². The maximum Gasteiger partial charge on any atom is 0.234 e. The van der Waals surface area contributed by atoms with Crippen LogP contribution in [0.5, 0.6) is 0 Å². The highest BCUT2D eigenvalue weighted by Crippen LogP contribution is 2.15. The molecule has 0 aliphatic heterocycles. The molecule has 6 heteroatoms. The zero-order valence-electron chi connectivity index (χ0n) is 14.6. The van der Waals surface area contributed by atoms with Crippen LogP contribution in [0.2, 0.25) is 0 Å². The average Bonchev–Trinajstić information content (AvgIpc) is 3.30. The first-order valence-corrected chi connectivity index (χ1v) is 9.27. The van der Waals surface area contributed by atoms with E-state index in [1.54, 1.807) is 30.6 Å². The molecule has 0 fully saturated rings. The molecule has 2 aromatic heterocycles. The van der Waals surface area contributed by atoms with Crippen LogP contribution < -0.4 is 5.32 Å². The molecule has 0 saturated carbocycles. The van der Waals surface area contributed by atoms with Crippen LogP contribution in [0.4, 0.5) is 4.39 Å². The van der Waals surface area contributed by atoms with Crippen molar-refractivity contribution < 1.29 is 13.6 Å². The number of hydrogen-bond acceptors (Lipinski definition) is 4. The number of aryl methyl sites for hydroxylation is 1. The summed E-state index contributed by atoms with van der Waals surface area (Å²) in [5.41, 5.74) is 1.35. The minimum atomic E-state index is -0.256. The molecule has 1 aromatic carbocycles. The number of hydrogen-bond donors (Lipinski definition) is 1. The van der Waals surface area contributed by atoms with E-state index in [0.717, 1.165) is 11.3 Å². The normalized spacial score (nSPS) is 11.0. The molecule has 2 heterocycles. The van der Waals surface area contributed by atoms with Gasteiger partial charge in [-0.25, -0.2) is 4.39 Å². The van der Waals surface area contributed by atoms with Crippen molar-refractivity contribution in [3.8, 4) is 0 Å². The zero-order valence-corrected chi connectivity index (χ0v) is 15.4.